The molecule has 0 aromatic heterocycles. The third-order valence-electron chi connectivity index (χ3n) is 14.0. The Morgan fingerprint density at radius 2 is 1.63 bits per heavy atom. The fraction of sp³-hybridized carbons (Fsp3) is 0.692. The van der Waals surface area contributed by atoms with Gasteiger partial charge >= 0.3 is 6.09 Å². The third-order valence-corrected chi connectivity index (χ3v) is 15.4. The quantitative estimate of drug-likeness (QED) is 0.310. The number of amides is 4. The maximum Gasteiger partial charge on any atom is 0.408 e. The average Bonchev–Trinajstić information content (AvgIpc) is 3.57. The first-order chi connectivity index (χ1) is 24.8. The van der Waals surface area contributed by atoms with Crippen LogP contribution in [0.2, 0.25) is 0 Å². The molecule has 2 heterocycles. The van der Waals surface area contributed by atoms with Crippen LogP contribution in [-0.2, 0) is 29.1 Å². The molecule has 7 rings (SSSR count). The Hall–Kier alpha value is -3.61. The number of sulfonamides is 1. The molecule has 4 aliphatic carbocycles. The lowest BCUT2D eigenvalue weighted by Crippen LogP contribution is -2.58. The van der Waals surface area contributed by atoms with Gasteiger partial charge in [0, 0.05) is 24.4 Å². The summed E-state index contributed by atoms with van der Waals surface area (Å²) in [5.74, 6) is -2.14. The van der Waals surface area contributed by atoms with Gasteiger partial charge in [0.1, 0.15) is 28.6 Å². The number of ether oxygens (including phenoxy) is 1. The van der Waals surface area contributed by atoms with Crippen molar-refractivity contribution in [3.8, 4) is 0 Å². The molecule has 0 unspecified atom stereocenters. The van der Waals surface area contributed by atoms with Gasteiger partial charge in [0.15, 0.2) is 0 Å². The van der Waals surface area contributed by atoms with Gasteiger partial charge in [0.25, 0.3) is 15.9 Å². The first-order valence-corrected chi connectivity index (χ1v) is 20.9. The largest absolute Gasteiger partial charge is 0.446 e. The molecule has 5 fully saturated rings. The van der Waals surface area contributed by atoms with Crippen LogP contribution in [0.15, 0.2) is 41.8 Å². The van der Waals surface area contributed by atoms with E-state index in [4.69, 9.17) is 4.74 Å². The monoisotopic (exact) mass is 737 g/mol. The highest BCUT2D eigenvalue weighted by molar-refractivity contribution is 7.90. The summed E-state index contributed by atoms with van der Waals surface area (Å²) in [5, 5.41) is 9.07. The number of nitrogens with zero attached hydrogens (tertiary/aromatic N) is 1. The number of hydrogen-bond acceptors (Lipinski definition) is 8. The molecule has 0 bridgehead atoms. The normalized spacial score (nSPS) is 34.2. The smallest absolute Gasteiger partial charge is 0.408 e. The standard InChI is InChI=1S/C39H55N5O7S/c1-4-26-23-39(26)34(47)43-52(49,50)31-19-12-11-17-28(31)40-22-13-7-5-6-8-18-29(41-35(48)51-27-15-9-10-16-27)33(46)44-25-38(24-30(44)32(45)42-39)36(2,3)37(38)20-14-21-37/h4,11-12,17,19,26-27,29-30,40H,1,5-10,13-16,18,20-25H2,2-3H3,(H,41,48)(H,42,45)(H,43,47)/t26-,29+,30+,38-,39-/m1/s1. The maximum atomic E-state index is 14.7. The number of hydrogen-bond donors (Lipinski definition) is 4. The lowest BCUT2D eigenvalue weighted by atomic mass is 9.73. The third kappa shape index (κ3) is 6.08. The molecular formula is C39H55N5O7S. The van der Waals surface area contributed by atoms with Crippen molar-refractivity contribution in [3.05, 3.63) is 36.9 Å². The number of anilines is 1. The highest BCUT2D eigenvalue weighted by atomic mass is 32.2. The van der Waals surface area contributed by atoms with E-state index in [1.165, 1.54) is 6.07 Å². The highest BCUT2D eigenvalue weighted by Gasteiger charge is 2.85. The van der Waals surface area contributed by atoms with Crippen molar-refractivity contribution in [2.75, 3.05) is 18.4 Å². The molecule has 12 nitrogen and oxygen atoms in total. The van der Waals surface area contributed by atoms with E-state index in [0.29, 0.717) is 38.0 Å². The molecule has 4 saturated carbocycles. The van der Waals surface area contributed by atoms with E-state index in [1.54, 1.807) is 29.2 Å². The predicted molar refractivity (Wildman–Crippen MR) is 195 cm³/mol. The van der Waals surface area contributed by atoms with E-state index in [9.17, 15) is 27.6 Å². The summed E-state index contributed by atoms with van der Waals surface area (Å²) in [6.07, 6.45) is 12.7. The van der Waals surface area contributed by atoms with Crippen LogP contribution < -0.4 is 20.7 Å². The number of benzene rings is 1. The van der Waals surface area contributed by atoms with Crippen molar-refractivity contribution in [1.29, 1.82) is 0 Å². The first kappa shape index (κ1) is 36.7. The molecule has 2 aliphatic heterocycles. The van der Waals surface area contributed by atoms with E-state index in [-0.39, 0.29) is 39.6 Å². The zero-order valence-electron chi connectivity index (χ0n) is 30.6. The molecule has 3 spiro atoms. The summed E-state index contributed by atoms with van der Waals surface area (Å²) in [4.78, 5) is 58.1. The minimum atomic E-state index is -4.31. The fourth-order valence-electron chi connectivity index (χ4n) is 10.5. The molecular weight excluding hydrogens is 683 g/mol. The van der Waals surface area contributed by atoms with E-state index in [2.05, 4.69) is 41.1 Å². The van der Waals surface area contributed by atoms with Crippen LogP contribution in [0.5, 0.6) is 0 Å². The van der Waals surface area contributed by atoms with E-state index >= 15 is 0 Å². The Bertz CT molecular complexity index is 1720. The van der Waals surface area contributed by atoms with Gasteiger partial charge in [-0.05, 0) is 87.2 Å². The van der Waals surface area contributed by atoms with Gasteiger partial charge in [0.05, 0.1) is 5.69 Å². The summed E-state index contributed by atoms with van der Waals surface area (Å²) in [6.45, 7) is 9.24. The lowest BCUT2D eigenvalue weighted by molar-refractivity contribution is -0.141. The van der Waals surface area contributed by atoms with Crippen LogP contribution in [-0.4, -0.2) is 73.9 Å². The minimum absolute atomic E-state index is 0.0258. The van der Waals surface area contributed by atoms with Crippen LogP contribution in [0, 0.1) is 22.2 Å². The molecule has 4 amide bonds. The van der Waals surface area contributed by atoms with Crippen molar-refractivity contribution in [3.63, 3.8) is 0 Å². The zero-order valence-corrected chi connectivity index (χ0v) is 31.5. The van der Waals surface area contributed by atoms with Crippen molar-refractivity contribution in [2.45, 2.75) is 139 Å². The molecule has 1 aromatic rings. The van der Waals surface area contributed by atoms with E-state index in [0.717, 1.165) is 70.6 Å². The van der Waals surface area contributed by atoms with Gasteiger partial charge in [0.2, 0.25) is 11.8 Å². The number of rotatable bonds is 3. The van der Waals surface area contributed by atoms with Crippen LogP contribution in [0.4, 0.5) is 10.5 Å². The molecule has 284 valence electrons. The Labute approximate surface area is 307 Å². The van der Waals surface area contributed by atoms with Crippen LogP contribution in [0.3, 0.4) is 0 Å². The summed E-state index contributed by atoms with van der Waals surface area (Å²) < 4.78 is 35.4. The summed E-state index contributed by atoms with van der Waals surface area (Å²) in [6, 6.07) is 4.71. The molecule has 4 N–H and O–H groups in total. The van der Waals surface area contributed by atoms with Crippen LogP contribution in [0.1, 0.15) is 110 Å². The number of para-hydroxylation sites is 1. The first-order valence-electron chi connectivity index (χ1n) is 19.4. The zero-order chi connectivity index (χ0) is 36.9. The second kappa shape index (κ2) is 13.7. The predicted octanol–water partition coefficient (Wildman–Crippen LogP) is 5.15. The SMILES string of the molecule is C=C[C@@H]1C[C@@]12NC(=O)[C@@H]1C[C@@]3(CN1C(=O)[C@@H](NC(=O)OC1CCCC1)CCCCCCCNc1ccccc1S(=O)(=O)NC2=O)C(C)(C)C31CCC1. The van der Waals surface area contributed by atoms with Gasteiger partial charge in [-0.15, -0.1) is 6.58 Å². The van der Waals surface area contributed by atoms with E-state index in [1.807, 2.05) is 0 Å². The lowest BCUT2D eigenvalue weighted by Gasteiger charge is -2.32. The molecule has 1 saturated heterocycles. The molecule has 52 heavy (non-hydrogen) atoms. The van der Waals surface area contributed by atoms with Gasteiger partial charge in [-0.1, -0.05) is 64.2 Å². The summed E-state index contributed by atoms with van der Waals surface area (Å²) >= 11 is 0. The Balaban J connectivity index is 1.20. The van der Waals surface area contributed by atoms with Gasteiger partial charge < -0.3 is 25.6 Å². The van der Waals surface area contributed by atoms with Crippen LogP contribution >= 0.6 is 0 Å². The van der Waals surface area contributed by atoms with Gasteiger partial charge in [-0.3, -0.25) is 14.4 Å². The molecule has 6 aliphatic rings. The number of alkyl carbamates (subject to hydrolysis) is 1. The highest BCUT2D eigenvalue weighted by Crippen LogP contribution is 2.88. The van der Waals surface area contributed by atoms with Crippen molar-refractivity contribution < 1.29 is 32.3 Å². The number of carbonyl (C=O) groups is 4. The minimum Gasteiger partial charge on any atom is -0.446 e. The molecule has 1 aromatic carbocycles. The molecule has 13 heteroatoms. The van der Waals surface area contributed by atoms with Gasteiger partial charge in [-0.2, -0.15) is 0 Å². The van der Waals surface area contributed by atoms with Crippen molar-refractivity contribution in [2.24, 2.45) is 22.2 Å². The number of carbonyl (C=O) groups excluding carboxylic acids is 4. The number of fused-ring (bicyclic) bond motifs is 3. The van der Waals surface area contributed by atoms with E-state index < -0.39 is 51.5 Å². The second-order valence-corrected chi connectivity index (χ2v) is 18.4. The Kier molecular flexibility index (Phi) is 9.65. The summed E-state index contributed by atoms with van der Waals surface area (Å²) in [7, 11) is -4.31. The summed E-state index contributed by atoms with van der Waals surface area (Å²) in [5.41, 5.74) is -1.49. The molecule has 0 radical (unpaired) electrons. The average molecular weight is 738 g/mol. The number of nitrogens with one attached hydrogen (secondary N) is 4. The maximum absolute atomic E-state index is 14.7. The van der Waals surface area contributed by atoms with Gasteiger partial charge in [-0.25, -0.2) is 17.9 Å². The topological polar surface area (TPSA) is 163 Å². The van der Waals surface area contributed by atoms with Crippen molar-refractivity contribution >= 4 is 39.5 Å². The molecule has 5 atom stereocenters. The van der Waals surface area contributed by atoms with Crippen LogP contribution in [0.25, 0.3) is 0 Å². The second-order valence-electron chi connectivity index (χ2n) is 16.8. The Morgan fingerprint density at radius 3 is 2.31 bits per heavy atom. The fourth-order valence-corrected chi connectivity index (χ4v) is 11.8. The Morgan fingerprint density at radius 1 is 0.942 bits per heavy atom. The van der Waals surface area contributed by atoms with Crippen molar-refractivity contribution in [1.82, 2.24) is 20.3 Å².